The highest BCUT2D eigenvalue weighted by Crippen LogP contribution is 2.22. The molecule has 1 N–H and O–H groups in total. The fourth-order valence-electron chi connectivity index (χ4n) is 2.21. The number of carboxylic acid groups (broad SMARTS) is 1. The quantitative estimate of drug-likeness (QED) is 0.792. The lowest BCUT2D eigenvalue weighted by Crippen LogP contribution is -2.23. The summed E-state index contributed by atoms with van der Waals surface area (Å²) in [5.74, 6) is -0.895. The number of aromatic carboxylic acids is 1. The first-order valence-corrected chi connectivity index (χ1v) is 6.39. The topological polar surface area (TPSA) is 59.0 Å². The van der Waals surface area contributed by atoms with E-state index in [-0.39, 0.29) is 6.10 Å². The molecule has 1 aliphatic heterocycles. The molecule has 2 rings (SSSR count). The highest BCUT2D eigenvalue weighted by Gasteiger charge is 2.23. The van der Waals surface area contributed by atoms with E-state index in [4.69, 9.17) is 14.6 Å². The standard InChI is InChI=1S/C14H19NO4/c1-18-8-9-19-13-6-7-15(10-13)12-4-2-11(3-5-12)14(16)17/h2-5,13H,6-10H2,1H3,(H,16,17)/t13-/m1/s1. The molecule has 1 fully saturated rings. The Labute approximate surface area is 112 Å². The molecule has 1 atom stereocenters. The molecule has 0 aromatic heterocycles. The van der Waals surface area contributed by atoms with Gasteiger partial charge in [0.25, 0.3) is 0 Å². The van der Waals surface area contributed by atoms with E-state index in [1.54, 1.807) is 19.2 Å². The van der Waals surface area contributed by atoms with Crippen molar-refractivity contribution in [2.24, 2.45) is 0 Å². The van der Waals surface area contributed by atoms with Crippen molar-refractivity contribution >= 4 is 11.7 Å². The molecule has 0 spiro atoms. The number of anilines is 1. The molecule has 5 nitrogen and oxygen atoms in total. The van der Waals surface area contributed by atoms with Crippen molar-refractivity contribution in [3.05, 3.63) is 29.8 Å². The number of carbonyl (C=O) groups is 1. The van der Waals surface area contributed by atoms with Crippen molar-refractivity contribution < 1.29 is 19.4 Å². The summed E-state index contributed by atoms with van der Waals surface area (Å²) in [4.78, 5) is 13.0. The number of hydrogen-bond donors (Lipinski definition) is 1. The Kier molecular flexibility index (Phi) is 4.76. The molecule has 19 heavy (non-hydrogen) atoms. The summed E-state index contributed by atoms with van der Waals surface area (Å²) >= 11 is 0. The Morgan fingerprint density at radius 1 is 1.37 bits per heavy atom. The summed E-state index contributed by atoms with van der Waals surface area (Å²) in [7, 11) is 1.66. The van der Waals surface area contributed by atoms with Gasteiger partial charge in [0.15, 0.2) is 0 Å². The largest absolute Gasteiger partial charge is 0.478 e. The molecule has 1 aromatic rings. The summed E-state index contributed by atoms with van der Waals surface area (Å²) < 4.78 is 10.7. The van der Waals surface area contributed by atoms with E-state index in [2.05, 4.69) is 4.90 Å². The van der Waals surface area contributed by atoms with Crippen molar-refractivity contribution in [1.29, 1.82) is 0 Å². The molecule has 0 saturated carbocycles. The van der Waals surface area contributed by atoms with Gasteiger partial charge >= 0.3 is 5.97 Å². The summed E-state index contributed by atoms with van der Waals surface area (Å²) in [5.41, 5.74) is 1.36. The predicted octanol–water partition coefficient (Wildman–Crippen LogP) is 1.63. The van der Waals surface area contributed by atoms with Crippen molar-refractivity contribution in [3.63, 3.8) is 0 Å². The van der Waals surface area contributed by atoms with Gasteiger partial charge in [-0.25, -0.2) is 4.79 Å². The predicted molar refractivity (Wildman–Crippen MR) is 71.8 cm³/mol. The molecule has 0 radical (unpaired) electrons. The number of benzene rings is 1. The lowest BCUT2D eigenvalue weighted by atomic mass is 10.2. The molecule has 1 heterocycles. The average Bonchev–Trinajstić information content (AvgIpc) is 2.88. The zero-order valence-electron chi connectivity index (χ0n) is 11.0. The zero-order valence-corrected chi connectivity index (χ0v) is 11.0. The Bertz CT molecular complexity index is 418. The maximum atomic E-state index is 10.8. The zero-order chi connectivity index (χ0) is 13.7. The number of methoxy groups -OCH3 is 1. The first kappa shape index (κ1) is 13.8. The Balaban J connectivity index is 1.88. The molecule has 0 amide bonds. The fraction of sp³-hybridized carbons (Fsp3) is 0.500. The lowest BCUT2D eigenvalue weighted by Gasteiger charge is -2.18. The van der Waals surface area contributed by atoms with E-state index in [0.29, 0.717) is 18.8 Å². The maximum Gasteiger partial charge on any atom is 0.335 e. The molecule has 0 bridgehead atoms. The van der Waals surface area contributed by atoms with Crippen LogP contribution in [0.15, 0.2) is 24.3 Å². The Morgan fingerprint density at radius 3 is 2.74 bits per heavy atom. The van der Waals surface area contributed by atoms with Crippen LogP contribution in [0.5, 0.6) is 0 Å². The van der Waals surface area contributed by atoms with Crippen LogP contribution in [0.3, 0.4) is 0 Å². The van der Waals surface area contributed by atoms with Crippen LogP contribution in [0.2, 0.25) is 0 Å². The summed E-state index contributed by atoms with van der Waals surface area (Å²) in [5, 5.41) is 8.86. The van der Waals surface area contributed by atoms with E-state index in [1.807, 2.05) is 12.1 Å². The summed E-state index contributed by atoms with van der Waals surface area (Å²) in [6, 6.07) is 6.97. The molecule has 1 aliphatic rings. The SMILES string of the molecule is COCCO[C@@H]1CCN(c2ccc(C(=O)O)cc2)C1. The molecule has 1 saturated heterocycles. The summed E-state index contributed by atoms with van der Waals surface area (Å²) in [6.45, 7) is 3.01. The third-order valence-corrected chi connectivity index (χ3v) is 3.27. The van der Waals surface area contributed by atoms with Crippen LogP contribution in [-0.2, 0) is 9.47 Å². The van der Waals surface area contributed by atoms with Gasteiger partial charge in [0.05, 0.1) is 24.9 Å². The van der Waals surface area contributed by atoms with Crippen LogP contribution in [-0.4, -0.2) is 50.6 Å². The van der Waals surface area contributed by atoms with Crippen LogP contribution in [0, 0.1) is 0 Å². The van der Waals surface area contributed by atoms with Crippen molar-refractivity contribution in [3.8, 4) is 0 Å². The number of carboxylic acids is 1. The first-order chi connectivity index (χ1) is 9.20. The van der Waals surface area contributed by atoms with Gasteiger partial charge in [0.2, 0.25) is 0 Å². The van der Waals surface area contributed by atoms with Crippen LogP contribution in [0.25, 0.3) is 0 Å². The Morgan fingerprint density at radius 2 is 2.11 bits per heavy atom. The normalized spacial score (nSPS) is 18.8. The van der Waals surface area contributed by atoms with Gasteiger partial charge < -0.3 is 19.5 Å². The summed E-state index contributed by atoms with van der Waals surface area (Å²) in [6.07, 6.45) is 1.22. The van der Waals surface area contributed by atoms with Gasteiger partial charge in [-0.3, -0.25) is 0 Å². The van der Waals surface area contributed by atoms with Crippen LogP contribution < -0.4 is 4.90 Å². The van der Waals surface area contributed by atoms with Crippen molar-refractivity contribution in [2.45, 2.75) is 12.5 Å². The molecule has 0 aliphatic carbocycles. The number of nitrogens with zero attached hydrogens (tertiary/aromatic N) is 1. The van der Waals surface area contributed by atoms with Gasteiger partial charge in [-0.15, -0.1) is 0 Å². The van der Waals surface area contributed by atoms with E-state index in [9.17, 15) is 4.79 Å². The highest BCUT2D eigenvalue weighted by atomic mass is 16.5. The average molecular weight is 265 g/mol. The number of rotatable bonds is 6. The van der Waals surface area contributed by atoms with Gasteiger partial charge in [-0.05, 0) is 30.7 Å². The number of ether oxygens (including phenoxy) is 2. The van der Waals surface area contributed by atoms with Gasteiger partial charge in [-0.1, -0.05) is 0 Å². The molecular formula is C14H19NO4. The van der Waals surface area contributed by atoms with Gasteiger partial charge in [0, 0.05) is 25.9 Å². The molecule has 5 heteroatoms. The minimum atomic E-state index is -0.895. The van der Waals surface area contributed by atoms with Gasteiger partial charge in [-0.2, -0.15) is 0 Å². The maximum absolute atomic E-state index is 10.8. The minimum absolute atomic E-state index is 0.231. The van der Waals surface area contributed by atoms with Crippen LogP contribution >= 0.6 is 0 Å². The second-order valence-electron chi connectivity index (χ2n) is 4.57. The Hall–Kier alpha value is -1.59. The second kappa shape index (κ2) is 6.54. The smallest absolute Gasteiger partial charge is 0.335 e. The third-order valence-electron chi connectivity index (χ3n) is 3.27. The van der Waals surface area contributed by atoms with E-state index in [1.165, 1.54) is 0 Å². The molecular weight excluding hydrogens is 246 g/mol. The van der Waals surface area contributed by atoms with Crippen molar-refractivity contribution in [2.75, 3.05) is 38.3 Å². The van der Waals surface area contributed by atoms with Crippen LogP contribution in [0.4, 0.5) is 5.69 Å². The van der Waals surface area contributed by atoms with E-state index < -0.39 is 5.97 Å². The van der Waals surface area contributed by atoms with Crippen molar-refractivity contribution in [1.82, 2.24) is 0 Å². The van der Waals surface area contributed by atoms with E-state index in [0.717, 1.165) is 25.2 Å². The van der Waals surface area contributed by atoms with Crippen LogP contribution in [0.1, 0.15) is 16.8 Å². The fourth-order valence-corrected chi connectivity index (χ4v) is 2.21. The van der Waals surface area contributed by atoms with Gasteiger partial charge in [0.1, 0.15) is 0 Å². The first-order valence-electron chi connectivity index (χ1n) is 6.39. The van der Waals surface area contributed by atoms with E-state index >= 15 is 0 Å². The minimum Gasteiger partial charge on any atom is -0.478 e. The number of hydrogen-bond acceptors (Lipinski definition) is 4. The third kappa shape index (κ3) is 3.68. The highest BCUT2D eigenvalue weighted by molar-refractivity contribution is 5.88. The molecule has 0 unspecified atom stereocenters. The molecule has 104 valence electrons. The monoisotopic (exact) mass is 265 g/mol. The lowest BCUT2D eigenvalue weighted by molar-refractivity contribution is 0.0280. The second-order valence-corrected chi connectivity index (χ2v) is 4.57. The molecule has 1 aromatic carbocycles.